The van der Waals surface area contributed by atoms with Crippen molar-refractivity contribution in [3.05, 3.63) is 24.3 Å². The summed E-state index contributed by atoms with van der Waals surface area (Å²) in [4.78, 5) is 17.4. The normalized spacial score (nSPS) is 12.9. The highest BCUT2D eigenvalue weighted by atomic mass is 32.2. The minimum absolute atomic E-state index is 0.0670. The zero-order valence-corrected chi connectivity index (χ0v) is 10.7. The average Bonchev–Trinajstić information content (AvgIpc) is 2.15. The van der Waals surface area contributed by atoms with Gasteiger partial charge in [-0.05, 0) is 24.3 Å². The summed E-state index contributed by atoms with van der Waals surface area (Å²) in [5, 5.41) is 0. The maximum atomic E-state index is 11.9. The van der Waals surface area contributed by atoms with Crippen LogP contribution < -0.4 is 5.73 Å². The van der Waals surface area contributed by atoms with E-state index in [0.29, 0.717) is 9.99 Å². The molecule has 0 saturated heterocycles. The van der Waals surface area contributed by atoms with E-state index in [-0.39, 0.29) is 4.90 Å². The van der Waals surface area contributed by atoms with E-state index < -0.39 is 23.9 Å². The molecule has 4 N–H and O–H groups in total. The van der Waals surface area contributed by atoms with E-state index in [1.54, 1.807) is 0 Å². The summed E-state index contributed by atoms with van der Waals surface area (Å²) < 4.78 is 35.1. The molecule has 0 fully saturated rings. The number of rotatable bonds is 4. The summed E-state index contributed by atoms with van der Waals surface area (Å²) in [6.45, 7) is 0. The first-order valence-corrected chi connectivity index (χ1v) is 7.73. The van der Waals surface area contributed by atoms with Crippen LogP contribution in [0.3, 0.4) is 0 Å². The first kappa shape index (κ1) is 14.1. The number of anilines is 1. The van der Waals surface area contributed by atoms with Gasteiger partial charge >= 0.3 is 7.60 Å². The second kappa shape index (κ2) is 4.75. The Morgan fingerprint density at radius 3 is 2.18 bits per heavy atom. The third-order valence-electron chi connectivity index (χ3n) is 1.97. The zero-order chi connectivity index (χ0) is 13.3. The summed E-state index contributed by atoms with van der Waals surface area (Å²) in [5.41, 5.74) is 5.82. The minimum atomic E-state index is -4.43. The molecule has 0 saturated carbocycles. The van der Waals surface area contributed by atoms with Crippen molar-refractivity contribution in [2.75, 3.05) is 19.1 Å². The Hall–Kier alpha value is -0.920. The predicted molar refractivity (Wildman–Crippen MR) is 62.7 cm³/mol. The number of nitrogen functional groups attached to an aromatic ring is 1. The lowest BCUT2D eigenvalue weighted by Gasteiger charge is -2.17. The smallest absolute Gasteiger partial charge is 0.340 e. The van der Waals surface area contributed by atoms with Crippen molar-refractivity contribution in [1.82, 2.24) is 4.31 Å². The van der Waals surface area contributed by atoms with Crippen molar-refractivity contribution in [2.24, 2.45) is 0 Å². The molecule has 1 aromatic rings. The highest BCUT2D eigenvalue weighted by molar-refractivity contribution is 7.89. The van der Waals surface area contributed by atoms with Gasteiger partial charge < -0.3 is 15.5 Å². The lowest BCUT2D eigenvalue weighted by Crippen LogP contribution is -2.27. The third-order valence-corrected chi connectivity index (χ3v) is 4.77. The Morgan fingerprint density at radius 1 is 1.29 bits per heavy atom. The number of nitrogens with zero attached hydrogens (tertiary/aromatic N) is 1. The molecule has 1 aromatic carbocycles. The lowest BCUT2D eigenvalue weighted by molar-refractivity contribution is 0.353. The molecule has 0 bridgehead atoms. The van der Waals surface area contributed by atoms with Crippen molar-refractivity contribution in [2.45, 2.75) is 4.90 Å². The van der Waals surface area contributed by atoms with E-state index in [2.05, 4.69) is 0 Å². The summed E-state index contributed by atoms with van der Waals surface area (Å²) in [5.74, 6) is 0. The van der Waals surface area contributed by atoms with Gasteiger partial charge in [0.1, 0.15) is 6.29 Å². The van der Waals surface area contributed by atoms with Gasteiger partial charge in [0.2, 0.25) is 10.0 Å². The topological polar surface area (TPSA) is 121 Å². The van der Waals surface area contributed by atoms with Gasteiger partial charge in [-0.15, -0.1) is 0 Å². The van der Waals surface area contributed by atoms with E-state index in [1.807, 2.05) is 0 Å². The van der Waals surface area contributed by atoms with Crippen molar-refractivity contribution < 1.29 is 22.8 Å². The van der Waals surface area contributed by atoms with Gasteiger partial charge in [-0.25, -0.2) is 8.42 Å². The average molecular weight is 280 g/mol. The van der Waals surface area contributed by atoms with Gasteiger partial charge in [0, 0.05) is 12.7 Å². The van der Waals surface area contributed by atoms with Crippen molar-refractivity contribution >= 4 is 23.3 Å². The van der Waals surface area contributed by atoms with Crippen LogP contribution in [0.25, 0.3) is 0 Å². The molecule has 0 aliphatic heterocycles. The van der Waals surface area contributed by atoms with E-state index in [1.165, 1.54) is 24.3 Å². The van der Waals surface area contributed by atoms with Crippen LogP contribution in [-0.4, -0.2) is 35.8 Å². The minimum Gasteiger partial charge on any atom is -0.399 e. The fourth-order valence-corrected chi connectivity index (χ4v) is 3.57. The third kappa shape index (κ3) is 3.79. The molecule has 0 aliphatic rings. The second-order valence-corrected chi connectivity index (χ2v) is 7.14. The molecule has 0 spiro atoms. The van der Waals surface area contributed by atoms with E-state index in [9.17, 15) is 13.0 Å². The van der Waals surface area contributed by atoms with Crippen LogP contribution in [0.5, 0.6) is 0 Å². The molecular formula is C8H13N2O5PS. The molecule has 0 aromatic heterocycles. The molecule has 17 heavy (non-hydrogen) atoms. The van der Waals surface area contributed by atoms with Crippen LogP contribution in [0.1, 0.15) is 0 Å². The number of sulfonamides is 1. The van der Waals surface area contributed by atoms with Gasteiger partial charge in [-0.2, -0.15) is 4.31 Å². The van der Waals surface area contributed by atoms with Crippen molar-refractivity contribution in [3.63, 3.8) is 0 Å². The van der Waals surface area contributed by atoms with E-state index >= 15 is 0 Å². The van der Waals surface area contributed by atoms with Crippen LogP contribution in [0.15, 0.2) is 29.2 Å². The van der Waals surface area contributed by atoms with Crippen LogP contribution in [0.2, 0.25) is 0 Å². The van der Waals surface area contributed by atoms with E-state index in [4.69, 9.17) is 15.5 Å². The Labute approximate surface area is 99.1 Å². The van der Waals surface area contributed by atoms with E-state index in [0.717, 1.165) is 7.05 Å². The number of hydrogen-bond acceptors (Lipinski definition) is 4. The van der Waals surface area contributed by atoms with Gasteiger partial charge in [-0.3, -0.25) is 4.57 Å². The molecule has 9 heteroatoms. The summed E-state index contributed by atoms with van der Waals surface area (Å²) in [6.07, 6.45) is -0.861. The van der Waals surface area contributed by atoms with Crippen LogP contribution in [0.4, 0.5) is 5.69 Å². The van der Waals surface area contributed by atoms with Gasteiger partial charge in [0.25, 0.3) is 0 Å². The number of hydrogen-bond donors (Lipinski definition) is 3. The fraction of sp³-hybridized carbons (Fsp3) is 0.250. The number of benzene rings is 1. The van der Waals surface area contributed by atoms with Crippen molar-refractivity contribution in [3.8, 4) is 0 Å². The maximum Gasteiger partial charge on any atom is 0.340 e. The maximum absolute atomic E-state index is 11.9. The summed E-state index contributed by atoms with van der Waals surface area (Å²) in [7, 11) is -7.23. The predicted octanol–water partition coefficient (Wildman–Crippen LogP) is 0.0245. The zero-order valence-electron chi connectivity index (χ0n) is 9.02. The highest BCUT2D eigenvalue weighted by Gasteiger charge is 2.27. The standard InChI is InChI=1S/C8H13N2O5PS/c1-10(6-16(11,12)13)17(14,15)8-4-2-7(9)3-5-8/h2-5H,6,9H2,1H3,(H2,11,12,13). The Kier molecular flexibility index (Phi) is 3.95. The SMILES string of the molecule is CN(CP(=O)(O)O)S(=O)(=O)c1ccc(N)cc1. The molecule has 0 radical (unpaired) electrons. The van der Waals surface area contributed by atoms with Gasteiger partial charge in [-0.1, -0.05) is 0 Å². The van der Waals surface area contributed by atoms with Crippen LogP contribution in [-0.2, 0) is 14.6 Å². The molecule has 0 amide bonds. The second-order valence-electron chi connectivity index (χ2n) is 3.48. The monoisotopic (exact) mass is 280 g/mol. The van der Waals surface area contributed by atoms with Crippen LogP contribution in [0, 0.1) is 0 Å². The van der Waals surface area contributed by atoms with Gasteiger partial charge in [0.05, 0.1) is 4.90 Å². The molecular weight excluding hydrogens is 267 g/mol. The highest BCUT2D eigenvalue weighted by Crippen LogP contribution is 2.36. The largest absolute Gasteiger partial charge is 0.399 e. The quantitative estimate of drug-likeness (QED) is 0.528. The molecule has 1 rings (SSSR count). The van der Waals surface area contributed by atoms with Gasteiger partial charge in [0.15, 0.2) is 0 Å². The number of nitrogens with two attached hydrogens (primary N) is 1. The summed E-state index contributed by atoms with van der Waals surface area (Å²) in [6, 6.07) is 5.36. The first-order chi connectivity index (χ1) is 7.63. The lowest BCUT2D eigenvalue weighted by atomic mass is 10.3. The molecule has 96 valence electrons. The molecule has 0 aliphatic carbocycles. The Morgan fingerprint density at radius 2 is 1.76 bits per heavy atom. The molecule has 7 nitrogen and oxygen atoms in total. The molecule has 0 unspecified atom stereocenters. The molecule has 0 heterocycles. The first-order valence-electron chi connectivity index (χ1n) is 4.49. The molecule has 0 atom stereocenters. The summed E-state index contributed by atoms with van der Waals surface area (Å²) >= 11 is 0. The Bertz CT molecular complexity index is 536. The Balaban J connectivity index is 3.03. The van der Waals surface area contributed by atoms with Crippen molar-refractivity contribution in [1.29, 1.82) is 0 Å². The van der Waals surface area contributed by atoms with Crippen LogP contribution >= 0.6 is 7.60 Å². The fourth-order valence-electron chi connectivity index (χ4n) is 1.16.